The summed E-state index contributed by atoms with van der Waals surface area (Å²) in [6.45, 7) is 4.49. The number of aromatic nitrogens is 1. The van der Waals surface area contributed by atoms with Crippen molar-refractivity contribution >= 4 is 21.7 Å². The van der Waals surface area contributed by atoms with Crippen molar-refractivity contribution in [2.24, 2.45) is 11.8 Å². The van der Waals surface area contributed by atoms with Gasteiger partial charge in [0.2, 0.25) is 0 Å². The van der Waals surface area contributed by atoms with Crippen LogP contribution in [-0.2, 0) is 0 Å². The molecule has 1 saturated carbocycles. The third-order valence-electron chi connectivity index (χ3n) is 3.81. The second kappa shape index (κ2) is 6.00. The largest absolute Gasteiger partial charge is 0.365 e. The molecule has 2 rings (SSSR count). The van der Waals surface area contributed by atoms with Crippen LogP contribution in [0.25, 0.3) is 0 Å². The molecule has 0 radical (unpaired) electrons. The number of hydrogen-bond donors (Lipinski definition) is 1. The molecule has 0 aliphatic heterocycles. The van der Waals surface area contributed by atoms with Gasteiger partial charge in [-0.2, -0.15) is 0 Å². The van der Waals surface area contributed by atoms with E-state index in [9.17, 15) is 4.39 Å². The van der Waals surface area contributed by atoms with Crippen LogP contribution < -0.4 is 5.32 Å². The third kappa shape index (κ3) is 3.22. The molecule has 1 fully saturated rings. The number of halogens is 2. The maximum absolute atomic E-state index is 13.8. The molecule has 0 spiro atoms. The smallest absolute Gasteiger partial charge is 0.166 e. The second-order valence-corrected chi connectivity index (χ2v) is 6.34. The normalized spacial score (nSPS) is 24.3. The van der Waals surface area contributed by atoms with Gasteiger partial charge >= 0.3 is 0 Å². The lowest BCUT2D eigenvalue weighted by atomic mass is 9.78. The van der Waals surface area contributed by atoms with E-state index in [2.05, 4.69) is 40.1 Å². The number of nitrogens with zero attached hydrogens (tertiary/aromatic N) is 1. The lowest BCUT2D eigenvalue weighted by Gasteiger charge is -2.35. The summed E-state index contributed by atoms with van der Waals surface area (Å²) >= 11 is 3.23. The van der Waals surface area contributed by atoms with Gasteiger partial charge in [0.25, 0.3) is 0 Å². The molecule has 2 unspecified atom stereocenters. The summed E-state index contributed by atoms with van der Waals surface area (Å²) in [5.74, 6) is 1.35. The fourth-order valence-corrected chi connectivity index (χ4v) is 3.14. The molecule has 100 valence electrons. The van der Waals surface area contributed by atoms with Crippen molar-refractivity contribution in [2.75, 3.05) is 5.32 Å². The van der Waals surface area contributed by atoms with Crippen LogP contribution in [-0.4, -0.2) is 11.0 Å². The first kappa shape index (κ1) is 13.8. The minimum absolute atomic E-state index is 0.280. The van der Waals surface area contributed by atoms with Crippen LogP contribution in [0.15, 0.2) is 16.7 Å². The molecule has 0 aromatic carbocycles. The minimum atomic E-state index is -0.280. The average molecular weight is 315 g/mol. The predicted molar refractivity (Wildman–Crippen MR) is 76.1 cm³/mol. The van der Waals surface area contributed by atoms with E-state index in [1.54, 1.807) is 6.20 Å². The van der Waals surface area contributed by atoms with E-state index >= 15 is 0 Å². The van der Waals surface area contributed by atoms with Crippen LogP contribution in [0.2, 0.25) is 0 Å². The Morgan fingerprint density at radius 3 is 2.78 bits per heavy atom. The van der Waals surface area contributed by atoms with Crippen molar-refractivity contribution in [2.45, 2.75) is 45.6 Å². The summed E-state index contributed by atoms with van der Waals surface area (Å²) in [6.07, 6.45) is 6.49. The molecule has 2 nitrogen and oxygen atoms in total. The van der Waals surface area contributed by atoms with Crippen molar-refractivity contribution in [3.8, 4) is 0 Å². The van der Waals surface area contributed by atoms with E-state index in [0.717, 1.165) is 6.42 Å². The minimum Gasteiger partial charge on any atom is -0.365 e. The van der Waals surface area contributed by atoms with Crippen LogP contribution in [0.3, 0.4) is 0 Å². The maximum Gasteiger partial charge on any atom is 0.166 e. The number of pyridine rings is 1. The molecule has 4 heteroatoms. The van der Waals surface area contributed by atoms with E-state index in [4.69, 9.17) is 0 Å². The van der Waals surface area contributed by atoms with Crippen molar-refractivity contribution in [1.29, 1.82) is 0 Å². The summed E-state index contributed by atoms with van der Waals surface area (Å²) in [5, 5.41) is 3.30. The van der Waals surface area contributed by atoms with Crippen LogP contribution in [0.1, 0.15) is 39.5 Å². The van der Waals surface area contributed by atoms with Gasteiger partial charge in [-0.15, -0.1) is 0 Å². The summed E-state index contributed by atoms with van der Waals surface area (Å²) in [6, 6.07) is 1.81. The molecule has 0 amide bonds. The van der Waals surface area contributed by atoms with Crippen molar-refractivity contribution < 1.29 is 4.39 Å². The molecule has 1 aliphatic rings. The van der Waals surface area contributed by atoms with Gasteiger partial charge in [-0.3, -0.25) is 0 Å². The highest BCUT2D eigenvalue weighted by Crippen LogP contribution is 2.32. The van der Waals surface area contributed by atoms with Crippen LogP contribution in [0.4, 0.5) is 10.2 Å². The van der Waals surface area contributed by atoms with Crippen molar-refractivity contribution in [3.63, 3.8) is 0 Å². The molecule has 1 aliphatic carbocycles. The highest BCUT2D eigenvalue weighted by Gasteiger charge is 2.28. The van der Waals surface area contributed by atoms with Gasteiger partial charge in [0, 0.05) is 16.7 Å². The van der Waals surface area contributed by atoms with E-state index < -0.39 is 0 Å². The van der Waals surface area contributed by atoms with Gasteiger partial charge in [-0.25, -0.2) is 9.37 Å². The van der Waals surface area contributed by atoms with E-state index in [-0.39, 0.29) is 5.82 Å². The highest BCUT2D eigenvalue weighted by molar-refractivity contribution is 9.10. The standard InChI is InChI=1S/C14H20BrFN2/c1-9(2)11-5-3-4-6-13(11)18-14-12(16)7-10(15)8-17-14/h7-9,11,13H,3-6H2,1-2H3,(H,17,18). The Kier molecular flexibility index (Phi) is 4.60. The molecule has 18 heavy (non-hydrogen) atoms. The van der Waals surface area contributed by atoms with Gasteiger partial charge in [0.15, 0.2) is 11.6 Å². The zero-order valence-corrected chi connectivity index (χ0v) is 12.5. The fraction of sp³-hybridized carbons (Fsp3) is 0.643. The predicted octanol–water partition coefficient (Wildman–Crippen LogP) is 4.61. The Morgan fingerprint density at radius 1 is 1.39 bits per heavy atom. The summed E-state index contributed by atoms with van der Waals surface area (Å²) in [7, 11) is 0. The first-order valence-electron chi connectivity index (χ1n) is 6.65. The Morgan fingerprint density at radius 2 is 2.11 bits per heavy atom. The zero-order chi connectivity index (χ0) is 13.1. The Balaban J connectivity index is 2.11. The van der Waals surface area contributed by atoms with Crippen molar-refractivity contribution in [1.82, 2.24) is 4.98 Å². The fourth-order valence-electron chi connectivity index (χ4n) is 2.83. The summed E-state index contributed by atoms with van der Waals surface area (Å²) < 4.78 is 14.5. The Hall–Kier alpha value is -0.640. The van der Waals surface area contributed by atoms with Crippen LogP contribution >= 0.6 is 15.9 Å². The Labute approximate surface area is 117 Å². The SMILES string of the molecule is CC(C)C1CCCCC1Nc1ncc(Br)cc1F. The van der Waals surface area contributed by atoms with Gasteiger partial charge in [-0.05, 0) is 46.7 Å². The zero-order valence-electron chi connectivity index (χ0n) is 10.9. The topological polar surface area (TPSA) is 24.9 Å². The number of nitrogens with one attached hydrogen (secondary N) is 1. The van der Waals surface area contributed by atoms with Gasteiger partial charge in [0.05, 0.1) is 0 Å². The summed E-state index contributed by atoms with van der Waals surface area (Å²) in [4.78, 5) is 4.13. The molecular formula is C14H20BrFN2. The molecule has 1 aromatic heterocycles. The van der Waals surface area contributed by atoms with Gasteiger partial charge in [0.1, 0.15) is 0 Å². The van der Waals surface area contributed by atoms with Gasteiger partial charge in [-0.1, -0.05) is 26.7 Å². The Bertz CT molecular complexity index is 409. The maximum atomic E-state index is 13.8. The number of hydrogen-bond acceptors (Lipinski definition) is 2. The molecular weight excluding hydrogens is 295 g/mol. The second-order valence-electron chi connectivity index (χ2n) is 5.43. The lowest BCUT2D eigenvalue weighted by Crippen LogP contribution is -2.35. The van der Waals surface area contributed by atoms with Crippen molar-refractivity contribution in [3.05, 3.63) is 22.6 Å². The monoisotopic (exact) mass is 314 g/mol. The van der Waals surface area contributed by atoms with E-state index in [0.29, 0.717) is 28.2 Å². The van der Waals surface area contributed by atoms with Gasteiger partial charge < -0.3 is 5.32 Å². The van der Waals surface area contributed by atoms with E-state index in [1.807, 2.05) is 0 Å². The number of anilines is 1. The third-order valence-corrected chi connectivity index (χ3v) is 4.24. The van der Waals surface area contributed by atoms with Crippen LogP contribution in [0.5, 0.6) is 0 Å². The lowest BCUT2D eigenvalue weighted by molar-refractivity contribution is 0.253. The molecule has 0 saturated heterocycles. The molecule has 0 bridgehead atoms. The summed E-state index contributed by atoms with van der Waals surface area (Å²) in [5.41, 5.74) is 0. The quantitative estimate of drug-likeness (QED) is 0.881. The molecule has 1 N–H and O–H groups in total. The first-order valence-corrected chi connectivity index (χ1v) is 7.45. The number of rotatable bonds is 3. The first-order chi connectivity index (χ1) is 8.58. The average Bonchev–Trinajstić information content (AvgIpc) is 2.33. The molecule has 2 atom stereocenters. The highest BCUT2D eigenvalue weighted by atomic mass is 79.9. The van der Waals surface area contributed by atoms with E-state index in [1.165, 1.54) is 25.3 Å². The van der Waals surface area contributed by atoms with Crippen LogP contribution in [0, 0.1) is 17.7 Å². The molecule has 1 heterocycles. The molecule has 1 aromatic rings.